The van der Waals surface area contributed by atoms with Crippen molar-refractivity contribution in [3.05, 3.63) is 12.2 Å². The predicted octanol–water partition coefficient (Wildman–Crippen LogP) is 12.1. The van der Waals surface area contributed by atoms with Crippen LogP contribution < -0.4 is 5.32 Å². The third kappa shape index (κ3) is 38.5. The number of hydrogen-bond donors (Lipinski definition) is 2. The molecule has 0 aliphatic heterocycles. The second-order valence-electron chi connectivity index (χ2n) is 14.5. The van der Waals surface area contributed by atoms with Gasteiger partial charge < -0.3 is 19.7 Å². The largest absolute Gasteiger partial charge is 0.472 e. The third-order valence-corrected chi connectivity index (χ3v) is 10.4. The van der Waals surface area contributed by atoms with Crippen molar-refractivity contribution in [3.8, 4) is 0 Å². The van der Waals surface area contributed by atoms with Crippen LogP contribution in [0.4, 0.5) is 0 Å². The number of phosphoric acid groups is 1. The maximum absolute atomic E-state index is 12.6. The molecule has 10 heteroatoms. The minimum absolute atomic E-state index is 0.0156. The van der Waals surface area contributed by atoms with Crippen LogP contribution in [-0.2, 0) is 32.7 Å². The third-order valence-electron chi connectivity index (χ3n) is 9.39. The Morgan fingerprint density at radius 2 is 1.00 bits per heavy atom. The summed E-state index contributed by atoms with van der Waals surface area (Å²) in [5.41, 5.74) is 0. The van der Waals surface area contributed by atoms with E-state index in [4.69, 9.17) is 18.5 Å². The van der Waals surface area contributed by atoms with E-state index in [0.29, 0.717) is 19.4 Å². The van der Waals surface area contributed by atoms with E-state index >= 15 is 0 Å². The summed E-state index contributed by atoms with van der Waals surface area (Å²) < 4.78 is 33.1. The summed E-state index contributed by atoms with van der Waals surface area (Å²) in [5.74, 6) is -0.808. The van der Waals surface area contributed by atoms with Gasteiger partial charge in [-0.1, -0.05) is 174 Å². The smallest absolute Gasteiger partial charge is 0.462 e. The summed E-state index contributed by atoms with van der Waals surface area (Å²) in [7, 11) is -2.64. The molecule has 0 aromatic rings. The van der Waals surface area contributed by atoms with Crippen LogP contribution in [0.2, 0.25) is 0 Å². The van der Waals surface area contributed by atoms with E-state index in [9.17, 15) is 19.0 Å². The summed E-state index contributed by atoms with van der Waals surface area (Å²) in [4.78, 5) is 35.0. The number of ether oxygens (including phenoxy) is 2. The topological polar surface area (TPSA) is 120 Å². The fourth-order valence-corrected chi connectivity index (χ4v) is 6.82. The second-order valence-corrected chi connectivity index (χ2v) is 16.0. The van der Waals surface area contributed by atoms with Crippen LogP contribution >= 0.6 is 7.82 Å². The molecule has 2 atom stereocenters. The van der Waals surface area contributed by atoms with Crippen LogP contribution in [0.15, 0.2) is 12.2 Å². The Hall–Kier alpha value is -1.25. The molecular formula is C42H82NO8P. The number of unbranched alkanes of at least 4 members (excludes halogenated alkanes) is 25. The number of nitrogens with one attached hydrogen (secondary N) is 1. The van der Waals surface area contributed by atoms with Gasteiger partial charge in [0.05, 0.1) is 13.2 Å². The molecular weight excluding hydrogens is 677 g/mol. The normalized spacial score (nSPS) is 13.4. The predicted molar refractivity (Wildman–Crippen MR) is 215 cm³/mol. The van der Waals surface area contributed by atoms with E-state index in [2.05, 4.69) is 31.3 Å². The molecule has 9 nitrogen and oxygen atoms in total. The van der Waals surface area contributed by atoms with Crippen molar-refractivity contribution in [2.75, 3.05) is 33.4 Å². The molecule has 0 heterocycles. The highest BCUT2D eigenvalue weighted by atomic mass is 31.2. The highest BCUT2D eigenvalue weighted by molar-refractivity contribution is 7.47. The van der Waals surface area contributed by atoms with E-state index in [-0.39, 0.29) is 25.6 Å². The Bertz CT molecular complexity index is 871. The Morgan fingerprint density at radius 1 is 0.577 bits per heavy atom. The van der Waals surface area contributed by atoms with Crippen LogP contribution in [-0.4, -0.2) is 56.3 Å². The standard InChI is InChI=1S/C42H82NO8P/c1-4-6-8-10-12-14-16-17-18-19-20-21-22-23-25-26-28-30-32-34-41(44)48-38-40(39-50-52(46,47)49-37-36-43-3)51-42(45)35-33-31-29-27-24-15-13-11-9-7-5-2/h11,13,40,43H,4-10,12,14-39H2,1-3H3,(H,46,47)/b13-11-. The molecule has 0 radical (unpaired) electrons. The molecule has 0 fully saturated rings. The van der Waals surface area contributed by atoms with Crippen molar-refractivity contribution >= 4 is 19.8 Å². The summed E-state index contributed by atoms with van der Waals surface area (Å²) >= 11 is 0. The lowest BCUT2D eigenvalue weighted by Gasteiger charge is -2.20. The average molecular weight is 760 g/mol. The number of likely N-dealkylation sites (N-methyl/N-ethyl adjacent to an activating group) is 1. The summed E-state index contributed by atoms with van der Waals surface area (Å²) in [6.07, 6.45) is 38.3. The summed E-state index contributed by atoms with van der Waals surface area (Å²) in [6.45, 7) is 4.20. The Balaban J connectivity index is 4.12. The van der Waals surface area contributed by atoms with Gasteiger partial charge in [-0.15, -0.1) is 0 Å². The van der Waals surface area contributed by atoms with E-state index in [0.717, 1.165) is 57.8 Å². The van der Waals surface area contributed by atoms with Gasteiger partial charge in [0, 0.05) is 19.4 Å². The Kier molecular flexibility index (Phi) is 38.5. The van der Waals surface area contributed by atoms with Gasteiger partial charge in [-0.3, -0.25) is 18.6 Å². The lowest BCUT2D eigenvalue weighted by atomic mass is 10.0. The van der Waals surface area contributed by atoms with Gasteiger partial charge in [0.25, 0.3) is 0 Å². The van der Waals surface area contributed by atoms with Crippen LogP contribution in [0.5, 0.6) is 0 Å². The molecule has 0 amide bonds. The van der Waals surface area contributed by atoms with E-state index < -0.39 is 26.5 Å². The van der Waals surface area contributed by atoms with E-state index in [1.54, 1.807) is 7.05 Å². The zero-order chi connectivity index (χ0) is 38.2. The molecule has 0 aliphatic carbocycles. The monoisotopic (exact) mass is 760 g/mol. The first kappa shape index (κ1) is 50.8. The van der Waals surface area contributed by atoms with Crippen molar-refractivity contribution < 1.29 is 37.6 Å². The zero-order valence-electron chi connectivity index (χ0n) is 34.0. The molecule has 0 rings (SSSR count). The SMILES string of the molecule is CCCC/C=C\CCCCCCCC(=O)OC(COC(=O)CCCCCCCCCCCCCCCCCCCCC)COP(=O)(O)OCCNC. The first-order valence-corrected chi connectivity index (χ1v) is 23.1. The summed E-state index contributed by atoms with van der Waals surface area (Å²) in [6, 6.07) is 0. The molecule has 308 valence electrons. The molecule has 0 spiro atoms. The van der Waals surface area contributed by atoms with Crippen LogP contribution in [0.1, 0.15) is 206 Å². The van der Waals surface area contributed by atoms with Crippen LogP contribution in [0.3, 0.4) is 0 Å². The van der Waals surface area contributed by atoms with Gasteiger partial charge in [0.1, 0.15) is 6.61 Å². The summed E-state index contributed by atoms with van der Waals surface area (Å²) in [5, 5.41) is 2.82. The Morgan fingerprint density at radius 3 is 1.48 bits per heavy atom. The van der Waals surface area contributed by atoms with Crippen LogP contribution in [0, 0.1) is 0 Å². The average Bonchev–Trinajstić information content (AvgIpc) is 3.12. The maximum Gasteiger partial charge on any atom is 0.472 e. The first-order valence-electron chi connectivity index (χ1n) is 21.6. The molecule has 0 aromatic carbocycles. The van der Waals surface area contributed by atoms with Crippen molar-refractivity contribution in [2.45, 2.75) is 213 Å². The lowest BCUT2D eigenvalue weighted by Crippen LogP contribution is -2.29. The van der Waals surface area contributed by atoms with Crippen molar-refractivity contribution in [2.24, 2.45) is 0 Å². The highest BCUT2D eigenvalue weighted by Crippen LogP contribution is 2.43. The highest BCUT2D eigenvalue weighted by Gasteiger charge is 2.26. The van der Waals surface area contributed by atoms with Gasteiger partial charge in [-0.2, -0.15) is 0 Å². The fraction of sp³-hybridized carbons (Fsp3) is 0.905. The van der Waals surface area contributed by atoms with Gasteiger partial charge in [0.15, 0.2) is 6.10 Å². The number of hydrogen-bond acceptors (Lipinski definition) is 8. The molecule has 2 unspecified atom stereocenters. The molecule has 0 aliphatic rings. The first-order chi connectivity index (χ1) is 25.3. The van der Waals surface area contributed by atoms with Gasteiger partial charge in [0.2, 0.25) is 0 Å². The molecule has 2 N–H and O–H groups in total. The van der Waals surface area contributed by atoms with Gasteiger partial charge >= 0.3 is 19.8 Å². The number of carbonyl (C=O) groups excluding carboxylic acids is 2. The van der Waals surface area contributed by atoms with E-state index in [1.807, 2.05) is 0 Å². The van der Waals surface area contributed by atoms with Crippen molar-refractivity contribution in [1.29, 1.82) is 0 Å². The number of esters is 2. The fourth-order valence-electron chi connectivity index (χ4n) is 6.06. The van der Waals surface area contributed by atoms with Gasteiger partial charge in [-0.25, -0.2) is 4.57 Å². The number of rotatable bonds is 41. The Labute approximate surface area is 320 Å². The quantitative estimate of drug-likeness (QED) is 0.0271. The van der Waals surface area contributed by atoms with Gasteiger partial charge in [-0.05, 0) is 39.2 Å². The molecule has 52 heavy (non-hydrogen) atoms. The molecule has 0 saturated heterocycles. The number of phosphoric ester groups is 1. The molecule has 0 bridgehead atoms. The van der Waals surface area contributed by atoms with Crippen molar-refractivity contribution in [1.82, 2.24) is 5.32 Å². The molecule has 0 aromatic heterocycles. The minimum atomic E-state index is -4.34. The maximum atomic E-state index is 12.6. The molecule has 0 saturated carbocycles. The number of carbonyl (C=O) groups is 2. The lowest BCUT2D eigenvalue weighted by molar-refractivity contribution is -0.161. The second kappa shape index (κ2) is 39.4. The van der Waals surface area contributed by atoms with E-state index in [1.165, 1.54) is 116 Å². The zero-order valence-corrected chi connectivity index (χ0v) is 34.9. The van der Waals surface area contributed by atoms with Crippen molar-refractivity contribution in [3.63, 3.8) is 0 Å². The van der Waals surface area contributed by atoms with Crippen LogP contribution in [0.25, 0.3) is 0 Å². The minimum Gasteiger partial charge on any atom is -0.462 e. The number of allylic oxidation sites excluding steroid dienone is 2.